The highest BCUT2D eigenvalue weighted by atomic mass is 16.4. The molecule has 2 rings (SSSR count). The van der Waals surface area contributed by atoms with Gasteiger partial charge < -0.3 is 10.4 Å². The number of fused-ring (bicyclic) bond motifs is 1. The maximum atomic E-state index is 12.3. The number of aromatic nitrogens is 1. The van der Waals surface area contributed by atoms with Crippen molar-refractivity contribution in [1.29, 1.82) is 0 Å². The van der Waals surface area contributed by atoms with Gasteiger partial charge in [-0.05, 0) is 18.1 Å². The summed E-state index contributed by atoms with van der Waals surface area (Å²) in [7, 11) is 0. The summed E-state index contributed by atoms with van der Waals surface area (Å²) in [5.41, 5.74) is 1.33. The number of aliphatic carboxylic acids is 1. The molecule has 21 heavy (non-hydrogen) atoms. The summed E-state index contributed by atoms with van der Waals surface area (Å²) in [6.07, 6.45) is 2.38. The standard InChI is InChI=1S/C16H18N2O3/c1-2-11(9-15(19)20)10-18-16(21)13-7-8-17-14-6-4-3-5-12(13)14/h3-8,11H,2,9-10H2,1H3,(H,18,21)(H,19,20). The van der Waals surface area contributed by atoms with Crippen molar-refractivity contribution >= 4 is 22.8 Å². The molecule has 1 atom stereocenters. The van der Waals surface area contributed by atoms with Crippen molar-refractivity contribution in [2.75, 3.05) is 6.54 Å². The second kappa shape index (κ2) is 6.83. The van der Waals surface area contributed by atoms with E-state index in [1.54, 1.807) is 12.3 Å². The second-order valence-corrected chi connectivity index (χ2v) is 4.96. The number of nitrogens with one attached hydrogen (secondary N) is 1. The minimum absolute atomic E-state index is 0.0560. The van der Waals surface area contributed by atoms with E-state index in [4.69, 9.17) is 5.11 Å². The van der Waals surface area contributed by atoms with Crippen LogP contribution in [0.15, 0.2) is 36.5 Å². The molecule has 0 saturated carbocycles. The van der Waals surface area contributed by atoms with Gasteiger partial charge in [0.25, 0.3) is 5.91 Å². The highest BCUT2D eigenvalue weighted by Crippen LogP contribution is 2.16. The number of nitrogens with zero attached hydrogens (tertiary/aromatic N) is 1. The molecular weight excluding hydrogens is 268 g/mol. The highest BCUT2D eigenvalue weighted by molar-refractivity contribution is 6.05. The Labute approximate surface area is 123 Å². The van der Waals surface area contributed by atoms with Crippen LogP contribution in [0.3, 0.4) is 0 Å². The Kier molecular flexibility index (Phi) is 4.87. The largest absolute Gasteiger partial charge is 0.481 e. The molecule has 1 amide bonds. The lowest BCUT2D eigenvalue weighted by molar-refractivity contribution is -0.138. The van der Waals surface area contributed by atoms with E-state index < -0.39 is 5.97 Å². The molecule has 5 nitrogen and oxygen atoms in total. The molecule has 0 saturated heterocycles. The topological polar surface area (TPSA) is 79.3 Å². The van der Waals surface area contributed by atoms with Crippen molar-refractivity contribution in [3.63, 3.8) is 0 Å². The van der Waals surface area contributed by atoms with E-state index in [1.165, 1.54) is 0 Å². The zero-order valence-corrected chi connectivity index (χ0v) is 11.9. The molecule has 1 aromatic heterocycles. The number of hydrogen-bond acceptors (Lipinski definition) is 3. The van der Waals surface area contributed by atoms with Crippen LogP contribution in [0.4, 0.5) is 0 Å². The van der Waals surface area contributed by atoms with E-state index in [9.17, 15) is 9.59 Å². The summed E-state index contributed by atoms with van der Waals surface area (Å²) in [6.45, 7) is 2.28. The number of hydrogen-bond donors (Lipinski definition) is 2. The first-order valence-electron chi connectivity index (χ1n) is 6.95. The van der Waals surface area contributed by atoms with Crippen LogP contribution in [0.1, 0.15) is 30.1 Å². The molecule has 2 aromatic rings. The number of pyridine rings is 1. The Hall–Kier alpha value is -2.43. The van der Waals surface area contributed by atoms with Crippen molar-refractivity contribution in [1.82, 2.24) is 10.3 Å². The summed E-state index contributed by atoms with van der Waals surface area (Å²) in [5.74, 6) is -1.09. The van der Waals surface area contributed by atoms with Gasteiger partial charge in [-0.2, -0.15) is 0 Å². The van der Waals surface area contributed by atoms with Gasteiger partial charge in [-0.15, -0.1) is 0 Å². The summed E-state index contributed by atoms with van der Waals surface area (Å²) in [6, 6.07) is 9.12. The molecule has 0 fully saturated rings. The van der Waals surface area contributed by atoms with E-state index in [0.29, 0.717) is 18.5 Å². The molecule has 1 heterocycles. The first kappa shape index (κ1) is 15.0. The van der Waals surface area contributed by atoms with E-state index in [-0.39, 0.29) is 18.2 Å². The number of carbonyl (C=O) groups is 2. The molecule has 0 aliphatic carbocycles. The van der Waals surface area contributed by atoms with Gasteiger partial charge in [0.1, 0.15) is 0 Å². The Bertz CT molecular complexity index is 650. The van der Waals surface area contributed by atoms with Crippen LogP contribution in [-0.2, 0) is 4.79 Å². The zero-order chi connectivity index (χ0) is 15.2. The van der Waals surface area contributed by atoms with Gasteiger partial charge in [-0.25, -0.2) is 0 Å². The number of carboxylic acids is 1. The normalized spacial score (nSPS) is 12.0. The lowest BCUT2D eigenvalue weighted by Crippen LogP contribution is -2.30. The van der Waals surface area contributed by atoms with Crippen LogP contribution in [-0.4, -0.2) is 28.5 Å². The van der Waals surface area contributed by atoms with Gasteiger partial charge in [0, 0.05) is 24.5 Å². The number of rotatable bonds is 6. The van der Waals surface area contributed by atoms with E-state index in [1.807, 2.05) is 31.2 Å². The monoisotopic (exact) mass is 286 g/mol. The van der Waals surface area contributed by atoms with Crippen molar-refractivity contribution in [3.8, 4) is 0 Å². The lowest BCUT2D eigenvalue weighted by Gasteiger charge is -2.14. The number of carbonyl (C=O) groups excluding carboxylic acids is 1. The molecule has 0 spiro atoms. The van der Waals surface area contributed by atoms with Crippen LogP contribution in [0, 0.1) is 5.92 Å². The molecule has 0 aliphatic rings. The maximum absolute atomic E-state index is 12.3. The molecule has 0 bridgehead atoms. The molecule has 2 N–H and O–H groups in total. The molecular formula is C16H18N2O3. The fraction of sp³-hybridized carbons (Fsp3) is 0.312. The lowest BCUT2D eigenvalue weighted by atomic mass is 10.0. The van der Waals surface area contributed by atoms with Gasteiger partial charge in [-0.3, -0.25) is 14.6 Å². The quantitative estimate of drug-likeness (QED) is 0.855. The number of para-hydroxylation sites is 1. The zero-order valence-electron chi connectivity index (χ0n) is 11.9. The van der Waals surface area contributed by atoms with Crippen LogP contribution in [0.2, 0.25) is 0 Å². The number of carboxylic acid groups (broad SMARTS) is 1. The van der Waals surface area contributed by atoms with Crippen LogP contribution in [0.5, 0.6) is 0 Å². The van der Waals surface area contributed by atoms with Gasteiger partial charge in [0.15, 0.2) is 0 Å². The van der Waals surface area contributed by atoms with E-state index >= 15 is 0 Å². The van der Waals surface area contributed by atoms with Crippen molar-refractivity contribution < 1.29 is 14.7 Å². The summed E-state index contributed by atoms with van der Waals surface area (Å²) >= 11 is 0. The predicted octanol–water partition coefficient (Wildman–Crippen LogP) is 2.47. The predicted molar refractivity (Wildman–Crippen MR) is 80.1 cm³/mol. The maximum Gasteiger partial charge on any atom is 0.303 e. The molecule has 1 unspecified atom stereocenters. The number of amides is 1. The average molecular weight is 286 g/mol. The summed E-state index contributed by atoms with van der Waals surface area (Å²) in [4.78, 5) is 27.2. The van der Waals surface area contributed by atoms with Gasteiger partial charge in [-0.1, -0.05) is 31.5 Å². The van der Waals surface area contributed by atoms with Crippen molar-refractivity contribution in [3.05, 3.63) is 42.1 Å². The van der Waals surface area contributed by atoms with Gasteiger partial charge in [0.2, 0.25) is 0 Å². The Morgan fingerprint density at radius 1 is 1.29 bits per heavy atom. The minimum Gasteiger partial charge on any atom is -0.481 e. The third-order valence-electron chi connectivity index (χ3n) is 3.49. The average Bonchev–Trinajstić information content (AvgIpc) is 2.50. The van der Waals surface area contributed by atoms with Crippen LogP contribution < -0.4 is 5.32 Å². The van der Waals surface area contributed by atoms with E-state index in [0.717, 1.165) is 10.9 Å². The van der Waals surface area contributed by atoms with Crippen LogP contribution in [0.25, 0.3) is 10.9 Å². The third kappa shape index (κ3) is 3.78. The number of benzene rings is 1. The molecule has 0 aliphatic heterocycles. The van der Waals surface area contributed by atoms with Crippen LogP contribution >= 0.6 is 0 Å². The second-order valence-electron chi connectivity index (χ2n) is 4.96. The molecule has 5 heteroatoms. The Balaban J connectivity index is 2.10. The molecule has 0 radical (unpaired) electrons. The summed E-state index contributed by atoms with van der Waals surface area (Å²) < 4.78 is 0. The summed E-state index contributed by atoms with van der Waals surface area (Å²) in [5, 5.41) is 12.4. The Morgan fingerprint density at radius 3 is 2.76 bits per heavy atom. The smallest absolute Gasteiger partial charge is 0.303 e. The SMILES string of the molecule is CCC(CNC(=O)c1ccnc2ccccc12)CC(=O)O. The highest BCUT2D eigenvalue weighted by Gasteiger charge is 2.14. The van der Waals surface area contributed by atoms with Gasteiger partial charge in [0.05, 0.1) is 11.1 Å². The first-order chi connectivity index (χ1) is 10.1. The van der Waals surface area contributed by atoms with Gasteiger partial charge >= 0.3 is 5.97 Å². The first-order valence-corrected chi connectivity index (χ1v) is 6.95. The fourth-order valence-electron chi connectivity index (χ4n) is 2.23. The molecule has 110 valence electrons. The molecule has 1 aromatic carbocycles. The Morgan fingerprint density at radius 2 is 2.05 bits per heavy atom. The third-order valence-corrected chi connectivity index (χ3v) is 3.49. The van der Waals surface area contributed by atoms with E-state index in [2.05, 4.69) is 10.3 Å². The van der Waals surface area contributed by atoms with Crippen molar-refractivity contribution in [2.45, 2.75) is 19.8 Å². The van der Waals surface area contributed by atoms with Crippen molar-refractivity contribution in [2.24, 2.45) is 5.92 Å². The fourth-order valence-corrected chi connectivity index (χ4v) is 2.23. The minimum atomic E-state index is -0.842.